The van der Waals surface area contributed by atoms with Gasteiger partial charge in [-0.05, 0) is 36.6 Å². The van der Waals surface area contributed by atoms with Crippen LogP contribution in [0.3, 0.4) is 0 Å². The van der Waals surface area contributed by atoms with Crippen molar-refractivity contribution in [3.63, 3.8) is 0 Å². The fraction of sp³-hybridized carbons (Fsp3) is 0.375. The number of rotatable bonds is 5. The summed E-state index contributed by atoms with van der Waals surface area (Å²) in [6.07, 6.45) is 2.40. The van der Waals surface area contributed by atoms with Gasteiger partial charge in [-0.2, -0.15) is 0 Å². The van der Waals surface area contributed by atoms with E-state index in [9.17, 15) is 4.79 Å². The fourth-order valence-corrected chi connectivity index (χ4v) is 2.43. The Morgan fingerprint density at radius 1 is 1.38 bits per heavy atom. The molecule has 0 amide bonds. The Balaban J connectivity index is 2.34. The van der Waals surface area contributed by atoms with Crippen LogP contribution in [-0.4, -0.2) is 24.1 Å². The number of halogens is 1. The quantitative estimate of drug-likeness (QED) is 0.852. The Labute approximate surface area is 129 Å². The van der Waals surface area contributed by atoms with Crippen molar-refractivity contribution < 1.29 is 9.53 Å². The van der Waals surface area contributed by atoms with Gasteiger partial charge in [0.25, 0.3) is 0 Å². The number of hydrogen-bond donors (Lipinski definition) is 1. The third-order valence-electron chi connectivity index (χ3n) is 3.23. The molecule has 0 radical (unpaired) electrons. The lowest BCUT2D eigenvalue weighted by Gasteiger charge is -2.20. The van der Waals surface area contributed by atoms with Gasteiger partial charge in [0.1, 0.15) is 6.04 Å². The molecule has 0 fully saturated rings. The molecule has 1 N–H and O–H groups in total. The van der Waals surface area contributed by atoms with Crippen molar-refractivity contribution in [2.45, 2.75) is 26.3 Å². The molecular formula is C16H19ClN2O2. The van der Waals surface area contributed by atoms with Gasteiger partial charge in [-0.15, -0.1) is 0 Å². The minimum atomic E-state index is -0.378. The average Bonchev–Trinajstić information content (AvgIpc) is 2.45. The molecule has 1 atom stereocenters. The van der Waals surface area contributed by atoms with E-state index in [4.69, 9.17) is 16.3 Å². The number of anilines is 1. The lowest BCUT2D eigenvalue weighted by atomic mass is 10.0. The van der Waals surface area contributed by atoms with Crippen molar-refractivity contribution in [2.24, 2.45) is 5.92 Å². The molecule has 0 saturated carbocycles. The SMILES string of the molecule is COC(=O)[C@H](CC(C)C)Nc1ccnc2cc(Cl)ccc12. The zero-order chi connectivity index (χ0) is 15.4. The second-order valence-corrected chi connectivity index (χ2v) is 5.81. The maximum atomic E-state index is 11.9. The first-order valence-electron chi connectivity index (χ1n) is 6.90. The highest BCUT2D eigenvalue weighted by Crippen LogP contribution is 2.25. The highest BCUT2D eigenvalue weighted by Gasteiger charge is 2.21. The first-order chi connectivity index (χ1) is 10.0. The largest absolute Gasteiger partial charge is 0.467 e. The molecule has 0 aliphatic rings. The Kier molecular flexibility index (Phi) is 5.02. The predicted molar refractivity (Wildman–Crippen MR) is 85.6 cm³/mol. The molecule has 2 rings (SSSR count). The summed E-state index contributed by atoms with van der Waals surface area (Å²) in [4.78, 5) is 16.2. The number of pyridine rings is 1. The Bertz CT molecular complexity index is 643. The van der Waals surface area contributed by atoms with Crippen LogP contribution in [0.15, 0.2) is 30.5 Å². The van der Waals surface area contributed by atoms with Crippen molar-refractivity contribution in [3.8, 4) is 0 Å². The zero-order valence-electron chi connectivity index (χ0n) is 12.4. The molecular weight excluding hydrogens is 288 g/mol. The first-order valence-corrected chi connectivity index (χ1v) is 7.27. The Morgan fingerprint density at radius 2 is 2.14 bits per heavy atom. The number of esters is 1. The van der Waals surface area contributed by atoms with Gasteiger partial charge in [0, 0.05) is 22.3 Å². The standard InChI is InChI=1S/C16H19ClN2O2/c1-10(2)8-15(16(20)21-3)19-13-6-7-18-14-9-11(17)4-5-12(13)14/h4-7,9-10,15H,8H2,1-3H3,(H,18,19)/t15-/m0/s1. The minimum absolute atomic E-state index is 0.261. The lowest BCUT2D eigenvalue weighted by Crippen LogP contribution is -2.32. The van der Waals surface area contributed by atoms with E-state index in [2.05, 4.69) is 24.1 Å². The zero-order valence-corrected chi connectivity index (χ0v) is 13.1. The van der Waals surface area contributed by atoms with E-state index >= 15 is 0 Å². The molecule has 4 nitrogen and oxygen atoms in total. The molecule has 1 aromatic heterocycles. The molecule has 0 aliphatic heterocycles. The second-order valence-electron chi connectivity index (χ2n) is 5.37. The first kappa shape index (κ1) is 15.6. The van der Waals surface area contributed by atoms with Crippen molar-refractivity contribution in [2.75, 3.05) is 12.4 Å². The van der Waals surface area contributed by atoms with Crippen molar-refractivity contribution >= 4 is 34.2 Å². The molecule has 21 heavy (non-hydrogen) atoms. The molecule has 0 saturated heterocycles. The maximum absolute atomic E-state index is 11.9. The van der Waals surface area contributed by atoms with Crippen LogP contribution in [0.25, 0.3) is 10.9 Å². The lowest BCUT2D eigenvalue weighted by molar-refractivity contribution is -0.141. The monoisotopic (exact) mass is 306 g/mol. The molecule has 0 bridgehead atoms. The van der Waals surface area contributed by atoms with Crippen LogP contribution < -0.4 is 5.32 Å². The minimum Gasteiger partial charge on any atom is -0.467 e. The summed E-state index contributed by atoms with van der Waals surface area (Å²) in [5.74, 6) is 0.117. The van der Waals surface area contributed by atoms with Crippen LogP contribution in [0.5, 0.6) is 0 Å². The van der Waals surface area contributed by atoms with Crippen LogP contribution in [0.4, 0.5) is 5.69 Å². The third-order valence-corrected chi connectivity index (χ3v) is 3.46. The Hall–Kier alpha value is -1.81. The van der Waals surface area contributed by atoms with Gasteiger partial charge in [0.2, 0.25) is 0 Å². The Morgan fingerprint density at radius 3 is 2.81 bits per heavy atom. The molecule has 112 valence electrons. The van der Waals surface area contributed by atoms with E-state index < -0.39 is 0 Å². The molecule has 5 heteroatoms. The average molecular weight is 307 g/mol. The third kappa shape index (κ3) is 3.85. The van der Waals surface area contributed by atoms with Gasteiger partial charge in [0.15, 0.2) is 0 Å². The molecule has 1 aromatic carbocycles. The van der Waals surface area contributed by atoms with Gasteiger partial charge in [0.05, 0.1) is 12.6 Å². The fourth-order valence-electron chi connectivity index (χ4n) is 2.26. The number of nitrogens with one attached hydrogen (secondary N) is 1. The predicted octanol–water partition coefficient (Wildman–Crippen LogP) is 3.89. The van der Waals surface area contributed by atoms with E-state index in [1.54, 1.807) is 12.3 Å². The molecule has 2 aromatic rings. The second kappa shape index (κ2) is 6.76. The summed E-state index contributed by atoms with van der Waals surface area (Å²) in [7, 11) is 1.40. The summed E-state index contributed by atoms with van der Waals surface area (Å²) in [6.45, 7) is 4.14. The molecule has 1 heterocycles. The van der Waals surface area contributed by atoms with Crippen LogP contribution in [0.1, 0.15) is 20.3 Å². The van der Waals surface area contributed by atoms with Crippen LogP contribution in [0, 0.1) is 5.92 Å². The summed E-state index contributed by atoms with van der Waals surface area (Å²) >= 11 is 5.98. The number of aromatic nitrogens is 1. The van der Waals surface area contributed by atoms with Crippen LogP contribution in [0.2, 0.25) is 5.02 Å². The number of carbonyl (C=O) groups excluding carboxylic acids is 1. The van der Waals surface area contributed by atoms with E-state index in [1.165, 1.54) is 7.11 Å². The summed E-state index contributed by atoms with van der Waals surface area (Å²) in [6, 6.07) is 6.99. The highest BCUT2D eigenvalue weighted by molar-refractivity contribution is 6.31. The maximum Gasteiger partial charge on any atom is 0.328 e. The van der Waals surface area contributed by atoms with Crippen molar-refractivity contribution in [1.82, 2.24) is 4.98 Å². The highest BCUT2D eigenvalue weighted by atomic mass is 35.5. The van der Waals surface area contributed by atoms with Gasteiger partial charge in [-0.1, -0.05) is 25.4 Å². The van der Waals surface area contributed by atoms with Gasteiger partial charge >= 0.3 is 5.97 Å². The van der Waals surface area contributed by atoms with Gasteiger partial charge in [-0.3, -0.25) is 4.98 Å². The van der Waals surface area contributed by atoms with Crippen LogP contribution >= 0.6 is 11.6 Å². The summed E-state index contributed by atoms with van der Waals surface area (Å²) in [5, 5.41) is 4.83. The number of fused-ring (bicyclic) bond motifs is 1. The number of ether oxygens (including phenoxy) is 1. The molecule has 0 spiro atoms. The van der Waals surface area contributed by atoms with E-state index in [0.29, 0.717) is 17.4 Å². The number of benzene rings is 1. The van der Waals surface area contributed by atoms with Gasteiger partial charge < -0.3 is 10.1 Å². The summed E-state index contributed by atoms with van der Waals surface area (Å²) in [5.41, 5.74) is 1.65. The van der Waals surface area contributed by atoms with Crippen molar-refractivity contribution in [3.05, 3.63) is 35.5 Å². The summed E-state index contributed by atoms with van der Waals surface area (Å²) < 4.78 is 4.88. The molecule has 0 unspecified atom stereocenters. The van der Waals surface area contributed by atoms with E-state index in [0.717, 1.165) is 16.6 Å². The topological polar surface area (TPSA) is 51.2 Å². The number of hydrogen-bond acceptors (Lipinski definition) is 4. The smallest absolute Gasteiger partial charge is 0.328 e. The van der Waals surface area contributed by atoms with Gasteiger partial charge in [-0.25, -0.2) is 4.79 Å². The molecule has 0 aliphatic carbocycles. The van der Waals surface area contributed by atoms with Crippen LogP contribution in [-0.2, 0) is 9.53 Å². The van der Waals surface area contributed by atoms with E-state index in [-0.39, 0.29) is 12.0 Å². The number of carbonyl (C=O) groups is 1. The van der Waals surface area contributed by atoms with E-state index in [1.807, 2.05) is 18.2 Å². The number of methoxy groups -OCH3 is 1. The number of nitrogens with zero attached hydrogens (tertiary/aromatic N) is 1. The normalized spacial score (nSPS) is 12.4. The van der Waals surface area contributed by atoms with Crippen molar-refractivity contribution in [1.29, 1.82) is 0 Å².